The van der Waals surface area contributed by atoms with Gasteiger partial charge in [0.2, 0.25) is 17.7 Å². The van der Waals surface area contributed by atoms with Crippen molar-refractivity contribution in [2.45, 2.75) is 32.9 Å². The van der Waals surface area contributed by atoms with E-state index in [2.05, 4.69) is 29.3 Å². The van der Waals surface area contributed by atoms with Gasteiger partial charge in [-0.1, -0.05) is 19.0 Å². The molecule has 0 spiro atoms. The first-order valence-electron chi connectivity index (χ1n) is 8.74. The number of amides is 4. The Morgan fingerprint density at radius 2 is 2.12 bits per heavy atom. The molecular formula is C16H24N6O4. The minimum Gasteiger partial charge on any atom is -0.337 e. The number of carbonyl (C=O) groups is 3. The van der Waals surface area contributed by atoms with Crippen molar-refractivity contribution in [3.63, 3.8) is 0 Å². The third-order valence-electron chi connectivity index (χ3n) is 4.51. The highest BCUT2D eigenvalue weighted by molar-refractivity contribution is 5.95. The molecule has 0 aromatic carbocycles. The van der Waals surface area contributed by atoms with Crippen LogP contribution in [0.4, 0.5) is 4.79 Å². The maximum atomic E-state index is 12.4. The van der Waals surface area contributed by atoms with Crippen molar-refractivity contribution in [3.8, 4) is 0 Å². The van der Waals surface area contributed by atoms with Gasteiger partial charge in [0.1, 0.15) is 6.04 Å². The highest BCUT2D eigenvalue weighted by atomic mass is 16.5. The number of hydrogen-bond donors (Lipinski definition) is 1. The Hall–Kier alpha value is -2.65. The number of piperazine rings is 2. The molecule has 1 N–H and O–H groups in total. The van der Waals surface area contributed by atoms with E-state index >= 15 is 0 Å². The molecule has 3 heterocycles. The van der Waals surface area contributed by atoms with Crippen LogP contribution in [0.5, 0.6) is 0 Å². The van der Waals surface area contributed by atoms with Gasteiger partial charge in [-0.2, -0.15) is 4.98 Å². The summed E-state index contributed by atoms with van der Waals surface area (Å²) in [6, 6.07) is -0.927. The molecule has 10 nitrogen and oxygen atoms in total. The molecule has 0 radical (unpaired) electrons. The van der Waals surface area contributed by atoms with Crippen LogP contribution in [0.3, 0.4) is 0 Å². The minimum absolute atomic E-state index is 0.0827. The average molecular weight is 364 g/mol. The quantitative estimate of drug-likeness (QED) is 0.768. The van der Waals surface area contributed by atoms with Crippen LogP contribution in [0.25, 0.3) is 0 Å². The zero-order valence-electron chi connectivity index (χ0n) is 15.3. The van der Waals surface area contributed by atoms with E-state index in [1.54, 1.807) is 11.9 Å². The Bertz CT molecular complexity index is 703. The maximum absolute atomic E-state index is 12.4. The first-order valence-corrected chi connectivity index (χ1v) is 8.74. The number of urea groups is 1. The van der Waals surface area contributed by atoms with Crippen molar-refractivity contribution in [1.82, 2.24) is 30.2 Å². The lowest BCUT2D eigenvalue weighted by atomic mass is 10.1. The molecule has 26 heavy (non-hydrogen) atoms. The number of likely N-dealkylation sites (N-methyl/N-ethyl adjacent to an activating group) is 1. The van der Waals surface area contributed by atoms with Crippen molar-refractivity contribution >= 4 is 17.8 Å². The molecule has 0 saturated carbocycles. The molecule has 2 aliphatic rings. The van der Waals surface area contributed by atoms with E-state index in [1.807, 2.05) is 0 Å². The number of nitrogens with one attached hydrogen (secondary N) is 1. The number of aromatic nitrogens is 2. The van der Waals surface area contributed by atoms with Crippen LogP contribution < -0.4 is 5.32 Å². The van der Waals surface area contributed by atoms with Gasteiger partial charge in [0, 0.05) is 26.6 Å². The van der Waals surface area contributed by atoms with Gasteiger partial charge >= 0.3 is 6.03 Å². The van der Waals surface area contributed by atoms with E-state index in [9.17, 15) is 14.4 Å². The Labute approximate surface area is 151 Å². The summed E-state index contributed by atoms with van der Waals surface area (Å²) < 4.78 is 5.13. The summed E-state index contributed by atoms with van der Waals surface area (Å²) in [5.41, 5.74) is 0. The number of nitrogens with zero attached hydrogens (tertiary/aromatic N) is 5. The van der Waals surface area contributed by atoms with Crippen LogP contribution in [-0.2, 0) is 22.6 Å². The predicted octanol–water partition coefficient (Wildman–Crippen LogP) is -0.537. The Morgan fingerprint density at radius 3 is 2.85 bits per heavy atom. The Balaban J connectivity index is 1.55. The zero-order chi connectivity index (χ0) is 18.8. The molecule has 2 fully saturated rings. The van der Waals surface area contributed by atoms with Crippen molar-refractivity contribution < 1.29 is 18.9 Å². The Kier molecular flexibility index (Phi) is 5.10. The van der Waals surface area contributed by atoms with Crippen molar-refractivity contribution in [2.75, 3.05) is 33.2 Å². The van der Waals surface area contributed by atoms with Gasteiger partial charge in [-0.25, -0.2) is 4.79 Å². The molecule has 1 atom stereocenters. The topological polar surface area (TPSA) is 112 Å². The second kappa shape index (κ2) is 7.30. The van der Waals surface area contributed by atoms with Gasteiger partial charge in [0.05, 0.1) is 19.6 Å². The molecule has 1 aromatic rings. The highest BCUT2D eigenvalue weighted by Crippen LogP contribution is 2.17. The van der Waals surface area contributed by atoms with E-state index in [0.717, 1.165) is 0 Å². The van der Waals surface area contributed by atoms with Crippen LogP contribution in [0.2, 0.25) is 0 Å². The lowest BCUT2D eigenvalue weighted by Crippen LogP contribution is -2.67. The zero-order valence-corrected chi connectivity index (χ0v) is 15.3. The second-order valence-corrected chi connectivity index (χ2v) is 7.10. The van der Waals surface area contributed by atoms with Crippen LogP contribution >= 0.6 is 0 Å². The van der Waals surface area contributed by atoms with Crippen LogP contribution in [0.15, 0.2) is 4.52 Å². The minimum atomic E-state index is -0.609. The molecule has 3 rings (SSSR count). The number of carbonyl (C=O) groups excluding carboxylic acids is 3. The molecule has 4 amide bonds. The lowest BCUT2D eigenvalue weighted by molar-refractivity contribution is -0.157. The van der Waals surface area contributed by atoms with E-state index in [4.69, 9.17) is 4.52 Å². The predicted molar refractivity (Wildman–Crippen MR) is 89.8 cm³/mol. The van der Waals surface area contributed by atoms with Crippen LogP contribution in [0.1, 0.15) is 25.6 Å². The maximum Gasteiger partial charge on any atom is 0.317 e. The monoisotopic (exact) mass is 364 g/mol. The standard InChI is InChI=1S/C16H24N6O4/c1-10(2)6-12-18-13(26-19-12)7-17-16(25)21-4-5-22-11(8-21)15(24)20(3)9-14(22)23/h10-11H,4-9H2,1-3H3,(H,17,25)/t11-/m0/s1. The summed E-state index contributed by atoms with van der Waals surface area (Å²) in [7, 11) is 1.60. The largest absolute Gasteiger partial charge is 0.337 e. The van der Waals surface area contributed by atoms with E-state index < -0.39 is 6.04 Å². The molecule has 0 bridgehead atoms. The van der Waals surface area contributed by atoms with Gasteiger partial charge in [0.25, 0.3) is 0 Å². The lowest BCUT2D eigenvalue weighted by Gasteiger charge is -2.45. The molecule has 2 aliphatic heterocycles. The summed E-state index contributed by atoms with van der Waals surface area (Å²) in [5.74, 6) is 1.15. The smallest absolute Gasteiger partial charge is 0.317 e. The molecule has 0 aliphatic carbocycles. The summed E-state index contributed by atoms with van der Waals surface area (Å²) in [5, 5.41) is 6.61. The molecule has 10 heteroatoms. The van der Waals surface area contributed by atoms with E-state index in [-0.39, 0.29) is 37.5 Å². The van der Waals surface area contributed by atoms with Gasteiger partial charge < -0.3 is 24.5 Å². The third kappa shape index (κ3) is 3.78. The van der Waals surface area contributed by atoms with Crippen LogP contribution in [0, 0.1) is 5.92 Å². The van der Waals surface area contributed by atoms with Crippen molar-refractivity contribution in [1.29, 1.82) is 0 Å². The summed E-state index contributed by atoms with van der Waals surface area (Å²) in [6.45, 7) is 5.27. The summed E-state index contributed by atoms with van der Waals surface area (Å²) >= 11 is 0. The van der Waals surface area contributed by atoms with Gasteiger partial charge in [-0.05, 0) is 5.92 Å². The van der Waals surface area contributed by atoms with Crippen molar-refractivity contribution in [3.05, 3.63) is 11.7 Å². The highest BCUT2D eigenvalue weighted by Gasteiger charge is 2.42. The first kappa shape index (κ1) is 18.2. The van der Waals surface area contributed by atoms with Crippen molar-refractivity contribution in [2.24, 2.45) is 5.92 Å². The molecule has 142 valence electrons. The fourth-order valence-electron chi connectivity index (χ4n) is 3.18. The molecule has 0 unspecified atom stereocenters. The van der Waals surface area contributed by atoms with Gasteiger partial charge in [-0.15, -0.1) is 0 Å². The summed E-state index contributed by atoms with van der Waals surface area (Å²) in [4.78, 5) is 45.5. The fourth-order valence-corrected chi connectivity index (χ4v) is 3.18. The first-order chi connectivity index (χ1) is 12.3. The van der Waals surface area contributed by atoms with E-state index in [1.165, 1.54) is 9.80 Å². The van der Waals surface area contributed by atoms with Crippen LogP contribution in [-0.4, -0.2) is 82.0 Å². The van der Waals surface area contributed by atoms with Gasteiger partial charge in [-0.3, -0.25) is 9.59 Å². The van der Waals surface area contributed by atoms with Gasteiger partial charge in [0.15, 0.2) is 5.82 Å². The fraction of sp³-hybridized carbons (Fsp3) is 0.688. The summed E-state index contributed by atoms with van der Waals surface area (Å²) in [6.07, 6.45) is 0.713. The average Bonchev–Trinajstić information content (AvgIpc) is 3.04. The SMILES string of the molecule is CC(C)Cc1noc(CNC(=O)N2CCN3C(=O)CN(C)C(=O)[C@@H]3C2)n1. The third-order valence-corrected chi connectivity index (χ3v) is 4.51. The number of fused-ring (bicyclic) bond motifs is 1. The molecular weight excluding hydrogens is 340 g/mol. The molecule has 2 saturated heterocycles. The van der Waals surface area contributed by atoms with E-state index in [0.29, 0.717) is 37.1 Å². The normalized spacial score (nSPS) is 20.6. The Morgan fingerprint density at radius 1 is 1.35 bits per heavy atom. The number of hydrogen-bond acceptors (Lipinski definition) is 6. The number of rotatable bonds is 4. The second-order valence-electron chi connectivity index (χ2n) is 7.10. The molecule has 1 aromatic heterocycles.